The lowest BCUT2D eigenvalue weighted by atomic mass is 10.2. The van der Waals surface area contributed by atoms with Gasteiger partial charge in [-0.25, -0.2) is 4.68 Å². The largest absolute Gasteiger partial charge is 0.328 e. The fourth-order valence-corrected chi connectivity index (χ4v) is 1.49. The first-order chi connectivity index (χ1) is 9.97. The molecule has 2 amide bonds. The van der Waals surface area contributed by atoms with Crippen LogP contribution in [0.15, 0.2) is 30.9 Å². The number of nitrogens with zero attached hydrogens (tertiary/aromatic N) is 4. The lowest BCUT2D eigenvalue weighted by molar-refractivity contribution is -0.384. The third kappa shape index (κ3) is 3.51. The maximum Gasteiger partial charge on any atom is 0.328 e. The SMILES string of the molecule is O=C(Nc1cc([N+](=O)[O-])ccc1Cl)C(=O)Nn1cnnc1. The molecule has 0 radical (unpaired) electrons. The van der Waals surface area contributed by atoms with Gasteiger partial charge in [0.05, 0.1) is 15.6 Å². The molecule has 0 atom stereocenters. The number of benzene rings is 1. The standard InChI is InChI=1S/C10H7ClN6O4/c11-7-2-1-6(17(20)21)3-8(7)14-9(18)10(19)15-16-4-12-13-5-16/h1-5H,(H,14,18)(H,15,19). The van der Waals surface area contributed by atoms with Crippen LogP contribution >= 0.6 is 11.6 Å². The first-order valence-electron chi connectivity index (χ1n) is 5.38. The molecule has 0 saturated heterocycles. The molecular weight excluding hydrogens is 304 g/mol. The highest BCUT2D eigenvalue weighted by Crippen LogP contribution is 2.26. The van der Waals surface area contributed by atoms with E-state index in [1.165, 1.54) is 24.8 Å². The van der Waals surface area contributed by atoms with Crippen molar-refractivity contribution in [1.82, 2.24) is 14.9 Å². The van der Waals surface area contributed by atoms with E-state index in [-0.39, 0.29) is 16.4 Å². The number of hydrogen-bond donors (Lipinski definition) is 2. The molecule has 0 aliphatic carbocycles. The van der Waals surface area contributed by atoms with Crippen molar-refractivity contribution >= 4 is 34.8 Å². The zero-order chi connectivity index (χ0) is 15.4. The van der Waals surface area contributed by atoms with Crippen LogP contribution in [0.2, 0.25) is 5.02 Å². The summed E-state index contributed by atoms with van der Waals surface area (Å²) in [5.41, 5.74) is 1.85. The van der Waals surface area contributed by atoms with Crippen LogP contribution in [0.5, 0.6) is 0 Å². The molecule has 0 bridgehead atoms. The number of rotatable bonds is 3. The van der Waals surface area contributed by atoms with Gasteiger partial charge in [-0.05, 0) is 6.07 Å². The van der Waals surface area contributed by atoms with E-state index in [0.29, 0.717) is 0 Å². The summed E-state index contributed by atoms with van der Waals surface area (Å²) in [5, 5.41) is 19.8. The van der Waals surface area contributed by atoms with Crippen LogP contribution in [0.25, 0.3) is 0 Å². The third-order valence-corrected chi connectivity index (χ3v) is 2.59. The number of anilines is 1. The number of amides is 2. The van der Waals surface area contributed by atoms with Crippen molar-refractivity contribution in [3.63, 3.8) is 0 Å². The number of carbonyl (C=O) groups is 2. The number of nitrogens with one attached hydrogen (secondary N) is 2. The Morgan fingerprint density at radius 1 is 1.24 bits per heavy atom. The zero-order valence-electron chi connectivity index (χ0n) is 10.2. The molecule has 0 aliphatic heterocycles. The summed E-state index contributed by atoms with van der Waals surface area (Å²) in [5.74, 6) is -2.07. The fourth-order valence-electron chi connectivity index (χ4n) is 1.33. The van der Waals surface area contributed by atoms with E-state index in [1.807, 2.05) is 0 Å². The maximum atomic E-state index is 11.7. The van der Waals surface area contributed by atoms with Gasteiger partial charge in [0.15, 0.2) is 0 Å². The molecule has 11 heteroatoms. The van der Waals surface area contributed by atoms with Gasteiger partial charge in [0.1, 0.15) is 12.7 Å². The van der Waals surface area contributed by atoms with Crippen molar-refractivity contribution in [2.24, 2.45) is 0 Å². The Bertz CT molecular complexity index is 702. The Morgan fingerprint density at radius 2 is 1.90 bits per heavy atom. The predicted octanol–water partition coefficient (Wildman–Crippen LogP) is 0.548. The first kappa shape index (κ1) is 14.4. The summed E-state index contributed by atoms with van der Waals surface area (Å²) < 4.78 is 1.07. The minimum absolute atomic E-state index is 0.0465. The molecule has 0 saturated carbocycles. The molecule has 2 N–H and O–H groups in total. The van der Waals surface area contributed by atoms with Crippen molar-refractivity contribution in [2.45, 2.75) is 0 Å². The average molecular weight is 311 g/mol. The van der Waals surface area contributed by atoms with Crippen molar-refractivity contribution < 1.29 is 14.5 Å². The number of nitro benzene ring substituents is 1. The van der Waals surface area contributed by atoms with E-state index in [2.05, 4.69) is 20.9 Å². The highest BCUT2D eigenvalue weighted by atomic mass is 35.5. The summed E-state index contributed by atoms with van der Waals surface area (Å²) in [6.45, 7) is 0. The molecule has 2 aromatic rings. The van der Waals surface area contributed by atoms with Crippen LogP contribution in [0.3, 0.4) is 0 Å². The normalized spacial score (nSPS) is 9.95. The van der Waals surface area contributed by atoms with Crippen LogP contribution in [0.1, 0.15) is 0 Å². The van der Waals surface area contributed by atoms with Gasteiger partial charge in [0, 0.05) is 12.1 Å². The average Bonchev–Trinajstić information content (AvgIpc) is 2.93. The number of nitro groups is 1. The van der Waals surface area contributed by atoms with Crippen molar-refractivity contribution in [2.75, 3.05) is 10.7 Å². The van der Waals surface area contributed by atoms with Gasteiger partial charge >= 0.3 is 11.8 Å². The number of non-ortho nitro benzene ring substituents is 1. The van der Waals surface area contributed by atoms with Gasteiger partial charge in [-0.3, -0.25) is 25.1 Å². The fraction of sp³-hybridized carbons (Fsp3) is 0. The molecule has 1 heterocycles. The Morgan fingerprint density at radius 3 is 2.52 bits per heavy atom. The van der Waals surface area contributed by atoms with E-state index in [9.17, 15) is 19.7 Å². The van der Waals surface area contributed by atoms with Crippen LogP contribution in [-0.4, -0.2) is 31.6 Å². The second kappa shape index (κ2) is 5.96. The van der Waals surface area contributed by atoms with Gasteiger partial charge in [0.25, 0.3) is 5.69 Å². The Balaban J connectivity index is 2.10. The van der Waals surface area contributed by atoms with Crippen molar-refractivity contribution in [3.05, 3.63) is 46.0 Å². The summed E-state index contributed by atoms with van der Waals surface area (Å²) in [6.07, 6.45) is 2.34. The summed E-state index contributed by atoms with van der Waals surface area (Å²) in [6, 6.07) is 3.47. The Labute approximate surface area is 121 Å². The molecular formula is C10H7ClN6O4. The van der Waals surface area contributed by atoms with Crippen LogP contribution in [-0.2, 0) is 9.59 Å². The number of carbonyl (C=O) groups excluding carboxylic acids is 2. The van der Waals surface area contributed by atoms with Crippen LogP contribution in [0, 0.1) is 10.1 Å². The Kier molecular flexibility index (Phi) is 4.09. The van der Waals surface area contributed by atoms with Crippen LogP contribution < -0.4 is 10.7 Å². The smallest absolute Gasteiger partial charge is 0.316 e. The minimum Gasteiger partial charge on any atom is -0.316 e. The van der Waals surface area contributed by atoms with E-state index in [1.54, 1.807) is 0 Å². The number of halogens is 1. The van der Waals surface area contributed by atoms with Gasteiger partial charge in [-0.15, -0.1) is 10.2 Å². The Hall–Kier alpha value is -3.01. The highest BCUT2D eigenvalue weighted by Gasteiger charge is 2.17. The molecule has 10 nitrogen and oxygen atoms in total. The predicted molar refractivity (Wildman–Crippen MR) is 71.1 cm³/mol. The maximum absolute atomic E-state index is 11.7. The first-order valence-corrected chi connectivity index (χ1v) is 5.76. The summed E-state index contributed by atoms with van der Waals surface area (Å²) in [4.78, 5) is 33.2. The molecule has 0 aliphatic rings. The minimum atomic E-state index is -1.05. The number of aromatic nitrogens is 3. The van der Waals surface area contributed by atoms with Gasteiger partial charge in [0.2, 0.25) is 0 Å². The molecule has 21 heavy (non-hydrogen) atoms. The topological polar surface area (TPSA) is 132 Å². The zero-order valence-corrected chi connectivity index (χ0v) is 10.9. The van der Waals surface area contributed by atoms with E-state index < -0.39 is 16.7 Å². The highest BCUT2D eigenvalue weighted by molar-refractivity contribution is 6.43. The van der Waals surface area contributed by atoms with Gasteiger partial charge in [-0.1, -0.05) is 11.6 Å². The summed E-state index contributed by atoms with van der Waals surface area (Å²) in [7, 11) is 0. The molecule has 1 aromatic carbocycles. The van der Waals surface area contributed by atoms with E-state index >= 15 is 0 Å². The number of hydrogen-bond acceptors (Lipinski definition) is 6. The molecule has 2 rings (SSSR count). The lowest BCUT2D eigenvalue weighted by Gasteiger charge is -2.07. The summed E-state index contributed by atoms with van der Waals surface area (Å²) >= 11 is 5.80. The monoisotopic (exact) mass is 310 g/mol. The van der Waals surface area contributed by atoms with E-state index in [0.717, 1.165) is 10.7 Å². The third-order valence-electron chi connectivity index (χ3n) is 2.26. The molecule has 108 valence electrons. The second-order valence-electron chi connectivity index (χ2n) is 3.69. The van der Waals surface area contributed by atoms with Gasteiger partial charge in [-0.2, -0.15) is 0 Å². The van der Waals surface area contributed by atoms with E-state index in [4.69, 9.17) is 11.6 Å². The quantitative estimate of drug-likeness (QED) is 0.483. The second-order valence-corrected chi connectivity index (χ2v) is 4.09. The van der Waals surface area contributed by atoms with Crippen molar-refractivity contribution in [3.8, 4) is 0 Å². The van der Waals surface area contributed by atoms with Gasteiger partial charge < -0.3 is 5.32 Å². The lowest BCUT2D eigenvalue weighted by Crippen LogP contribution is -2.33. The van der Waals surface area contributed by atoms with Crippen molar-refractivity contribution in [1.29, 1.82) is 0 Å². The molecule has 0 spiro atoms. The molecule has 1 aromatic heterocycles. The molecule has 0 unspecified atom stereocenters. The molecule has 0 fully saturated rings. The van der Waals surface area contributed by atoms with Crippen LogP contribution in [0.4, 0.5) is 11.4 Å².